The van der Waals surface area contributed by atoms with Crippen molar-refractivity contribution in [2.75, 3.05) is 20.0 Å². The van der Waals surface area contributed by atoms with Gasteiger partial charge in [0.15, 0.2) is 0 Å². The summed E-state index contributed by atoms with van der Waals surface area (Å²) in [6, 6.07) is 8.07. The fourth-order valence-corrected chi connectivity index (χ4v) is 33.2. The number of rotatable bonds is 6. The van der Waals surface area contributed by atoms with Gasteiger partial charge < -0.3 is 34.2 Å². The zero-order valence-electron chi connectivity index (χ0n) is 42.5. The highest BCUT2D eigenvalue weighted by atomic mass is 35.5. The Kier molecular flexibility index (Phi) is 23.0. The number of aromatic nitrogens is 12. The lowest BCUT2D eigenvalue weighted by atomic mass is 10.00. The third kappa shape index (κ3) is 15.1. The third-order valence-electron chi connectivity index (χ3n) is 11.2. The van der Waals surface area contributed by atoms with E-state index in [0.29, 0.717) is 28.9 Å². The van der Waals surface area contributed by atoms with E-state index >= 15 is 0 Å². The molecule has 4 N–H and O–H groups in total. The Balaban J connectivity index is 0.000000184. The highest BCUT2D eigenvalue weighted by Crippen LogP contribution is 2.42. The molecule has 0 amide bonds. The minimum Gasteiger partial charge on any atom is -0.496 e. The number of methoxy groups -OCH3 is 2. The second-order valence-electron chi connectivity index (χ2n) is 16.3. The minimum atomic E-state index is 0. The van der Waals surface area contributed by atoms with Crippen LogP contribution in [0.15, 0.2) is 45.7 Å². The van der Waals surface area contributed by atoms with Crippen LogP contribution in [0, 0.1) is 55.4 Å². The van der Waals surface area contributed by atoms with Crippen LogP contribution in [0.5, 0.6) is 11.5 Å². The Hall–Kier alpha value is -4.41. The van der Waals surface area contributed by atoms with E-state index in [9.17, 15) is 0 Å². The Labute approximate surface area is 490 Å². The van der Waals surface area contributed by atoms with Crippen molar-refractivity contribution in [2.24, 2.45) is 14.1 Å². The number of hydrogen-bond acceptors (Lipinski definition) is 15. The van der Waals surface area contributed by atoms with Crippen LogP contribution in [0.25, 0.3) is 66.1 Å². The molecule has 0 radical (unpaired) electrons. The van der Waals surface area contributed by atoms with Crippen LogP contribution in [-0.4, -0.2) is 74.0 Å². The average molecular weight is 1300 g/mol. The lowest BCUT2D eigenvalue weighted by Gasteiger charge is -2.09. The van der Waals surface area contributed by atoms with Gasteiger partial charge in [0.2, 0.25) is 0 Å². The number of halogens is 1. The van der Waals surface area contributed by atoms with Crippen molar-refractivity contribution in [3.63, 3.8) is 0 Å². The first kappa shape index (κ1) is 61.8. The molecule has 0 aliphatic rings. The van der Waals surface area contributed by atoms with E-state index in [4.69, 9.17) is 63.2 Å². The van der Waals surface area contributed by atoms with E-state index in [1.165, 1.54) is 17.8 Å². The number of fused-ring (bicyclic) bond motifs is 6. The Morgan fingerprint density at radius 1 is 0.597 bits per heavy atom. The van der Waals surface area contributed by atoms with Crippen molar-refractivity contribution in [1.29, 1.82) is 0 Å². The van der Waals surface area contributed by atoms with Gasteiger partial charge in [0.1, 0.15) is 56.9 Å². The van der Waals surface area contributed by atoms with E-state index in [0.717, 1.165) is 123 Å². The quantitative estimate of drug-likeness (QED) is 0.132. The molecule has 0 saturated heterocycles. The number of H-pyrrole nitrogens is 2. The monoisotopic (exact) mass is 1300 g/mol. The van der Waals surface area contributed by atoms with E-state index < -0.39 is 0 Å². The van der Waals surface area contributed by atoms with Crippen LogP contribution in [-0.2, 0) is 141 Å². The molecule has 0 aliphatic heterocycles. The predicted molar refractivity (Wildman–Crippen MR) is 346 cm³/mol. The summed E-state index contributed by atoms with van der Waals surface area (Å²) in [5.74, 6) is 4.94. The smallest absolute Gasteiger partial charge is 0.148 e. The fraction of sp³-hybridized carbons (Fsp3) is 0.304. The number of nitrogens with zero attached hydrogens (tertiary/aromatic N) is 10. The lowest BCUT2D eigenvalue weighted by Crippen LogP contribution is -2.00. The molecule has 0 saturated carbocycles. The van der Waals surface area contributed by atoms with Gasteiger partial charge in [-0.1, -0.05) is 29.3 Å². The molecule has 17 nitrogen and oxygen atoms in total. The van der Waals surface area contributed by atoms with E-state index in [2.05, 4.69) is 58.4 Å². The number of benzene rings is 2. The number of anilines is 1. The van der Waals surface area contributed by atoms with E-state index in [-0.39, 0.29) is 7.43 Å². The SMILES string of the molecule is C.COc1cc2c(cc1-c1c(C)noc1C)[nH]c1nc(C)nc(Cc3nn(C)cc3C)c12.COc1cc2c(cc1-c1c(C)noc1C)[nH]c1nc(C)nc(Cl)c12.Cc1cn(C)nc1N.S=S=S=S=S=S=S=S=S=S=S=S=S. The van der Waals surface area contributed by atoms with Gasteiger partial charge >= 0.3 is 0 Å². The molecule has 0 aliphatic carbocycles. The number of aromatic amines is 2. The first-order valence-electron chi connectivity index (χ1n) is 22.1. The summed E-state index contributed by atoms with van der Waals surface area (Å²) < 4.78 is 25.6. The summed E-state index contributed by atoms with van der Waals surface area (Å²) in [6.07, 6.45) is 4.54. The third-order valence-corrected chi connectivity index (χ3v) is 33.7. The van der Waals surface area contributed by atoms with Crippen LogP contribution in [0.1, 0.15) is 64.5 Å². The summed E-state index contributed by atoms with van der Waals surface area (Å²) in [7, 11) is 25.2. The van der Waals surface area contributed by atoms with Crippen molar-refractivity contribution in [1.82, 2.24) is 59.8 Å². The molecule has 10 aromatic rings. The minimum absolute atomic E-state index is 0. The van der Waals surface area contributed by atoms with Crippen molar-refractivity contribution < 1.29 is 18.5 Å². The topological polar surface area (TPSA) is 215 Å². The highest BCUT2D eigenvalue weighted by Gasteiger charge is 2.23. The van der Waals surface area contributed by atoms with E-state index in [1.807, 2.05) is 97.8 Å². The van der Waals surface area contributed by atoms with Crippen LogP contribution in [0.3, 0.4) is 0 Å². The van der Waals surface area contributed by atoms with Crippen LogP contribution >= 0.6 is 11.6 Å². The molecule has 2 aromatic carbocycles. The molecule has 0 fully saturated rings. The molecular formula is C46H52ClN13O4S13. The average Bonchev–Trinajstić information content (AvgIpc) is 4.23. The maximum Gasteiger partial charge on any atom is 0.148 e. The molecule has 410 valence electrons. The molecule has 10 rings (SSSR count). The number of hydrogen-bond donors (Lipinski definition) is 3. The number of aryl methyl sites for hydroxylation is 10. The van der Waals surface area contributed by atoms with Crippen molar-refractivity contribution in [3.05, 3.63) is 98.9 Å². The van der Waals surface area contributed by atoms with Gasteiger partial charge in [-0.3, -0.25) is 9.36 Å². The van der Waals surface area contributed by atoms with Crippen LogP contribution in [0.2, 0.25) is 5.15 Å². The van der Waals surface area contributed by atoms with Crippen molar-refractivity contribution in [2.45, 2.75) is 69.2 Å². The molecule has 77 heavy (non-hydrogen) atoms. The Morgan fingerprint density at radius 3 is 1.43 bits per heavy atom. The number of nitrogens with one attached hydrogen (secondary N) is 2. The van der Waals surface area contributed by atoms with Gasteiger partial charge in [0, 0.05) is 197 Å². The maximum absolute atomic E-state index is 6.33. The van der Waals surface area contributed by atoms with Gasteiger partial charge in [0.25, 0.3) is 0 Å². The Bertz CT molecular complexity index is 4250. The summed E-state index contributed by atoms with van der Waals surface area (Å²) in [6.45, 7) is 15.4. The summed E-state index contributed by atoms with van der Waals surface area (Å²) in [4.78, 5) is 24.9. The molecule has 0 spiro atoms. The molecule has 0 bridgehead atoms. The molecule has 31 heteroatoms. The predicted octanol–water partition coefficient (Wildman–Crippen LogP) is 9.60. The number of nitrogen functional groups attached to an aromatic ring is 1. The first-order chi connectivity index (χ1) is 36.5. The van der Waals surface area contributed by atoms with Crippen molar-refractivity contribution >= 4 is 181 Å². The fourth-order valence-electron chi connectivity index (χ4n) is 8.21. The number of ether oxygens (including phenoxy) is 2. The first-order valence-corrected chi connectivity index (χ1v) is 38.4. The van der Waals surface area contributed by atoms with Crippen LogP contribution < -0.4 is 15.2 Å². The van der Waals surface area contributed by atoms with Gasteiger partial charge in [-0.25, -0.2) is 19.9 Å². The molecular weight excluding hydrogens is 1250 g/mol. The highest BCUT2D eigenvalue weighted by molar-refractivity contribution is 8.75. The van der Waals surface area contributed by atoms with Crippen LogP contribution in [0.4, 0.5) is 5.82 Å². The second kappa shape index (κ2) is 28.6. The van der Waals surface area contributed by atoms with Gasteiger partial charge in [-0.15, -0.1) is 0 Å². The van der Waals surface area contributed by atoms with Gasteiger partial charge in [0.05, 0.1) is 53.5 Å². The largest absolute Gasteiger partial charge is 0.496 e. The van der Waals surface area contributed by atoms with E-state index in [1.54, 1.807) is 98.8 Å². The maximum atomic E-state index is 6.33. The normalized spacial score (nSPS) is 10.5. The summed E-state index contributed by atoms with van der Waals surface area (Å²) in [5.41, 5.74) is 18.3. The summed E-state index contributed by atoms with van der Waals surface area (Å²) in [5, 5.41) is 20.8. The van der Waals surface area contributed by atoms with Crippen molar-refractivity contribution in [3.8, 4) is 33.8 Å². The summed E-state index contributed by atoms with van der Waals surface area (Å²) >= 11 is 15.7. The van der Waals surface area contributed by atoms with Gasteiger partial charge in [-0.2, -0.15) is 10.2 Å². The standard InChI is InChI=1S/C23H24N6O2.C17H15ClN4O2.C5H9N3.CH4.S13/c1-11-10-29(5)27-17(11)9-19-22-15-8-20(30-6)16(21-12(2)28-31-13(21)3)7-18(15)26-23(22)25-14(4)24-19;1-7-14(8(2)24-22-7)11-5-12-10(6-13(11)23-4)15-16(18)19-9(3)20-17(15)21-12;1-4-3-8(2)7-5(4)6;;1-3-5-7-9-11-13-12-10-8-6-4-2/h7-8,10H,9H2,1-6H3,(H,24,25,26);5-6H,1-4H3,(H,19,20,21);3H,1-2H3,(H2,6,7);1H4;. The Morgan fingerprint density at radius 2 is 1.04 bits per heavy atom. The number of nitrogens with two attached hydrogens (primary N) is 1. The molecule has 0 unspecified atom stereocenters. The molecule has 8 aromatic heterocycles. The zero-order valence-corrected chi connectivity index (χ0v) is 53.9. The zero-order chi connectivity index (χ0) is 54.8. The molecule has 0 atom stereocenters. The molecule has 8 heterocycles. The van der Waals surface area contributed by atoms with Gasteiger partial charge in [-0.05, 0) is 85.2 Å². The second-order valence-corrected chi connectivity index (χ2v) is 36.1. The lowest BCUT2D eigenvalue weighted by molar-refractivity contribution is 0.393.